The second-order valence-corrected chi connectivity index (χ2v) is 11.5. The lowest BCUT2D eigenvalue weighted by molar-refractivity contribution is 0.0696. The maximum atomic E-state index is 13.7. The summed E-state index contributed by atoms with van der Waals surface area (Å²) < 4.78 is 46.3. The number of fused-ring (bicyclic) bond motifs is 1. The molecule has 0 radical (unpaired) electrons. The van der Waals surface area contributed by atoms with Crippen LogP contribution in [0.15, 0.2) is 84.0 Å². The Kier molecular flexibility index (Phi) is 8.49. The van der Waals surface area contributed by atoms with Gasteiger partial charge in [-0.2, -0.15) is 4.98 Å². The number of rotatable bonds is 11. The van der Waals surface area contributed by atoms with Crippen molar-refractivity contribution in [3.8, 4) is 28.8 Å². The van der Waals surface area contributed by atoms with Crippen LogP contribution >= 0.6 is 0 Å². The summed E-state index contributed by atoms with van der Waals surface area (Å²) in [6.45, 7) is 3.63. The number of nitrogens with zero attached hydrogens (tertiary/aromatic N) is 3. The van der Waals surface area contributed by atoms with Gasteiger partial charge in [-0.1, -0.05) is 30.3 Å². The van der Waals surface area contributed by atoms with E-state index in [1.54, 1.807) is 60.8 Å². The Balaban J connectivity index is 1.68. The number of para-hydroxylation sites is 1. The number of benzene rings is 3. The van der Waals surface area contributed by atoms with Gasteiger partial charge in [0.1, 0.15) is 10.6 Å². The van der Waals surface area contributed by atoms with Crippen LogP contribution in [0.25, 0.3) is 22.0 Å². The van der Waals surface area contributed by atoms with E-state index in [-0.39, 0.29) is 34.1 Å². The zero-order valence-corrected chi connectivity index (χ0v) is 25.0. The topological polar surface area (TPSA) is 162 Å². The first kappa shape index (κ1) is 30.0. The number of ether oxygens (including phenoxy) is 3. The van der Waals surface area contributed by atoms with Gasteiger partial charge in [0, 0.05) is 29.0 Å². The number of carbonyl (C=O) groups is 1. The number of methoxy groups -OCH3 is 2. The molecule has 3 N–H and O–H groups in total. The molecule has 0 aliphatic carbocycles. The molecule has 0 spiro atoms. The molecule has 3 aromatic carbocycles. The summed E-state index contributed by atoms with van der Waals surface area (Å²) in [5.41, 5.74) is 2.48. The fourth-order valence-corrected chi connectivity index (χ4v) is 5.65. The van der Waals surface area contributed by atoms with Gasteiger partial charge in [-0.05, 0) is 49.7 Å². The highest BCUT2D eigenvalue weighted by Gasteiger charge is 2.24. The lowest BCUT2D eigenvalue weighted by Gasteiger charge is -2.18. The van der Waals surface area contributed by atoms with Crippen molar-refractivity contribution in [3.05, 3.63) is 84.7 Å². The zero-order valence-electron chi connectivity index (χ0n) is 24.2. The number of nitrogens with one attached hydrogen (secondary N) is 2. The molecule has 13 heteroatoms. The van der Waals surface area contributed by atoms with Gasteiger partial charge in [0.15, 0.2) is 0 Å². The van der Waals surface area contributed by atoms with E-state index in [4.69, 9.17) is 14.2 Å². The van der Waals surface area contributed by atoms with E-state index in [9.17, 15) is 18.3 Å². The Morgan fingerprint density at radius 3 is 2.36 bits per heavy atom. The molecule has 5 aromatic rings. The fourth-order valence-electron chi connectivity index (χ4n) is 4.47. The van der Waals surface area contributed by atoms with Gasteiger partial charge < -0.3 is 24.6 Å². The first-order valence-electron chi connectivity index (χ1n) is 13.4. The third-order valence-electron chi connectivity index (χ3n) is 6.36. The van der Waals surface area contributed by atoms with Gasteiger partial charge in [-0.25, -0.2) is 18.2 Å². The lowest BCUT2D eigenvalue weighted by Crippen LogP contribution is -2.15. The van der Waals surface area contributed by atoms with Crippen LogP contribution in [0, 0.1) is 0 Å². The van der Waals surface area contributed by atoms with Crippen molar-refractivity contribution in [2.75, 3.05) is 24.3 Å². The zero-order chi connectivity index (χ0) is 31.4. The van der Waals surface area contributed by atoms with Crippen LogP contribution in [0.4, 0.5) is 17.1 Å². The van der Waals surface area contributed by atoms with Crippen molar-refractivity contribution in [3.63, 3.8) is 0 Å². The summed E-state index contributed by atoms with van der Waals surface area (Å²) in [5, 5.41) is 13.3. The van der Waals surface area contributed by atoms with Crippen molar-refractivity contribution in [1.82, 2.24) is 15.0 Å². The normalized spacial score (nSPS) is 11.3. The molecule has 0 aliphatic heterocycles. The number of sulfonamides is 1. The van der Waals surface area contributed by atoms with Crippen LogP contribution in [-0.4, -0.2) is 54.8 Å². The first-order chi connectivity index (χ1) is 21.1. The summed E-state index contributed by atoms with van der Waals surface area (Å²) >= 11 is 0. The van der Waals surface area contributed by atoms with E-state index in [0.717, 1.165) is 0 Å². The second-order valence-electron chi connectivity index (χ2n) is 9.82. The number of hydrogen-bond acceptors (Lipinski definition) is 10. The van der Waals surface area contributed by atoms with E-state index < -0.39 is 16.0 Å². The highest BCUT2D eigenvalue weighted by Crippen LogP contribution is 2.37. The number of anilines is 3. The molecule has 0 saturated heterocycles. The summed E-state index contributed by atoms with van der Waals surface area (Å²) in [5.74, 6) is -0.578. The van der Waals surface area contributed by atoms with Crippen molar-refractivity contribution >= 4 is 44.0 Å². The third kappa shape index (κ3) is 6.47. The molecule has 0 aliphatic rings. The van der Waals surface area contributed by atoms with Crippen LogP contribution in [0.1, 0.15) is 24.2 Å². The van der Waals surface area contributed by atoms with E-state index in [1.807, 2.05) is 13.8 Å². The quantitative estimate of drug-likeness (QED) is 0.166. The SMILES string of the molecule is COc1ncc(-c2ccc3c(Nc4cc(OC(C)C)cc(C(=O)O)c4)c(S(=O)(=O)Nc4ccccc4)cnc3c2)c(OC)n1. The minimum absolute atomic E-state index is 0.0373. The Morgan fingerprint density at radius 1 is 0.909 bits per heavy atom. The van der Waals surface area contributed by atoms with Gasteiger partial charge in [-0.15, -0.1) is 0 Å². The number of aromatic nitrogens is 3. The second kappa shape index (κ2) is 12.4. The molecule has 0 amide bonds. The van der Waals surface area contributed by atoms with Gasteiger partial charge >= 0.3 is 12.0 Å². The molecule has 12 nitrogen and oxygen atoms in total. The Bertz CT molecular complexity index is 1950. The van der Waals surface area contributed by atoms with Crippen molar-refractivity contribution in [2.45, 2.75) is 24.8 Å². The van der Waals surface area contributed by atoms with Crippen molar-refractivity contribution < 1.29 is 32.5 Å². The number of hydrogen-bond donors (Lipinski definition) is 3. The largest absolute Gasteiger partial charge is 0.491 e. The number of aromatic carboxylic acids is 1. The molecular formula is C31H29N5O7S. The number of pyridine rings is 1. The maximum Gasteiger partial charge on any atom is 0.335 e. The Labute approximate surface area is 253 Å². The van der Waals surface area contributed by atoms with E-state index >= 15 is 0 Å². The predicted molar refractivity (Wildman–Crippen MR) is 166 cm³/mol. The molecular weight excluding hydrogens is 586 g/mol. The van der Waals surface area contributed by atoms with E-state index in [2.05, 4.69) is 25.0 Å². The van der Waals surface area contributed by atoms with Crippen LogP contribution < -0.4 is 24.2 Å². The highest BCUT2D eigenvalue weighted by atomic mass is 32.2. The smallest absolute Gasteiger partial charge is 0.335 e. The molecule has 0 bridgehead atoms. The third-order valence-corrected chi connectivity index (χ3v) is 7.76. The first-order valence-corrected chi connectivity index (χ1v) is 14.8. The minimum atomic E-state index is -4.17. The van der Waals surface area contributed by atoms with Crippen LogP contribution in [0.2, 0.25) is 0 Å². The standard InChI is InChI=1S/C31H29N5O7S/c1-18(2)43-23-13-20(30(37)38)12-22(15-23)34-28-24-11-10-19(25-16-33-31(42-4)35-29(25)41-3)14-26(24)32-17-27(28)44(39,40)36-21-8-6-5-7-9-21/h5-18,36H,1-4H3,(H,32,34)(H,37,38). The van der Waals surface area contributed by atoms with Gasteiger partial charge in [-0.3, -0.25) is 9.71 Å². The van der Waals surface area contributed by atoms with Crippen LogP contribution in [0.3, 0.4) is 0 Å². The van der Waals surface area contributed by atoms with Crippen LogP contribution in [-0.2, 0) is 10.0 Å². The summed E-state index contributed by atoms with van der Waals surface area (Å²) in [7, 11) is -1.24. The monoisotopic (exact) mass is 615 g/mol. The molecule has 0 unspecified atom stereocenters. The number of carboxylic acid groups (broad SMARTS) is 1. The molecule has 44 heavy (non-hydrogen) atoms. The Hall–Kier alpha value is -5.43. The maximum absolute atomic E-state index is 13.7. The summed E-state index contributed by atoms with van der Waals surface area (Å²) in [4.78, 5) is 24.7. The van der Waals surface area contributed by atoms with Gasteiger partial charge in [0.2, 0.25) is 5.88 Å². The minimum Gasteiger partial charge on any atom is -0.491 e. The molecule has 0 fully saturated rings. The Morgan fingerprint density at radius 2 is 1.68 bits per heavy atom. The highest BCUT2D eigenvalue weighted by molar-refractivity contribution is 7.93. The van der Waals surface area contributed by atoms with Crippen molar-refractivity contribution in [1.29, 1.82) is 0 Å². The molecule has 5 rings (SSSR count). The average Bonchev–Trinajstić information content (AvgIpc) is 3.00. The number of carboxylic acids is 1. The fraction of sp³-hybridized carbons (Fsp3) is 0.161. The molecule has 2 aromatic heterocycles. The molecule has 0 atom stereocenters. The average molecular weight is 616 g/mol. The predicted octanol–water partition coefficient (Wildman–Crippen LogP) is 5.74. The summed E-state index contributed by atoms with van der Waals surface area (Å²) in [6, 6.07) is 18.2. The molecule has 226 valence electrons. The van der Waals surface area contributed by atoms with E-state index in [0.29, 0.717) is 39.2 Å². The van der Waals surface area contributed by atoms with Gasteiger partial charge in [0.05, 0.1) is 48.9 Å². The summed E-state index contributed by atoms with van der Waals surface area (Å²) in [6.07, 6.45) is 2.58. The van der Waals surface area contributed by atoms with Crippen molar-refractivity contribution in [2.24, 2.45) is 0 Å². The molecule has 0 saturated carbocycles. The van der Waals surface area contributed by atoms with Gasteiger partial charge in [0.25, 0.3) is 10.0 Å². The van der Waals surface area contributed by atoms with E-state index in [1.165, 1.54) is 32.5 Å². The van der Waals surface area contributed by atoms with Crippen LogP contribution in [0.5, 0.6) is 17.6 Å². The molecule has 2 heterocycles. The lowest BCUT2D eigenvalue weighted by atomic mass is 10.0.